The maximum absolute atomic E-state index is 11.7. The van der Waals surface area contributed by atoms with Gasteiger partial charge in [-0.2, -0.15) is 0 Å². The van der Waals surface area contributed by atoms with Crippen molar-refractivity contribution in [1.29, 1.82) is 0 Å². The Bertz CT molecular complexity index is 638. The van der Waals surface area contributed by atoms with Gasteiger partial charge in [0.2, 0.25) is 5.91 Å². The minimum absolute atomic E-state index is 0.211. The van der Waals surface area contributed by atoms with Gasteiger partial charge >= 0.3 is 0 Å². The Labute approximate surface area is 117 Å². The highest BCUT2D eigenvalue weighted by Gasteiger charge is 2.12. The number of aromatic nitrogens is 3. The number of anilines is 1. The molecule has 1 aromatic carbocycles. The van der Waals surface area contributed by atoms with Crippen molar-refractivity contribution in [3.05, 3.63) is 30.6 Å². The molecule has 2 aromatic rings. The van der Waals surface area contributed by atoms with Crippen molar-refractivity contribution in [2.45, 2.75) is 12.5 Å². The van der Waals surface area contributed by atoms with Gasteiger partial charge in [-0.05, 0) is 24.3 Å². The summed E-state index contributed by atoms with van der Waals surface area (Å²) < 4.78 is 1.82. The fourth-order valence-corrected chi connectivity index (χ4v) is 1.70. The number of hydrogen-bond acceptors (Lipinski definition) is 4. The lowest BCUT2D eigenvalue weighted by molar-refractivity contribution is -0.117. The zero-order valence-corrected chi connectivity index (χ0v) is 11.1. The number of nitrogens with one attached hydrogen (secondary N) is 1. The smallest absolute Gasteiger partial charge is 0.242 e. The summed E-state index contributed by atoms with van der Waals surface area (Å²) >= 11 is 0. The summed E-state index contributed by atoms with van der Waals surface area (Å²) in [6.45, 7) is 0. The van der Waals surface area contributed by atoms with E-state index in [1.54, 1.807) is 18.5 Å². The molecule has 20 heavy (non-hydrogen) atoms. The first-order valence-corrected chi connectivity index (χ1v) is 6.06. The van der Waals surface area contributed by atoms with Crippen molar-refractivity contribution >= 4 is 11.6 Å². The van der Waals surface area contributed by atoms with Crippen molar-refractivity contribution in [3.8, 4) is 23.7 Å². The molecular formula is C14H15N5O. The summed E-state index contributed by atoms with van der Waals surface area (Å²) in [5.41, 5.74) is 7.20. The van der Waals surface area contributed by atoms with Gasteiger partial charge in [0.05, 0.1) is 6.04 Å². The predicted molar refractivity (Wildman–Crippen MR) is 76.5 cm³/mol. The molecule has 0 fully saturated rings. The van der Waals surface area contributed by atoms with E-state index in [1.165, 1.54) is 0 Å². The highest BCUT2D eigenvalue weighted by Crippen LogP contribution is 2.18. The summed E-state index contributed by atoms with van der Waals surface area (Å²) in [6, 6.07) is 6.58. The van der Waals surface area contributed by atoms with E-state index in [1.807, 2.05) is 23.7 Å². The van der Waals surface area contributed by atoms with Crippen LogP contribution in [0.1, 0.15) is 6.42 Å². The molecule has 0 bridgehead atoms. The topological polar surface area (TPSA) is 85.8 Å². The Balaban J connectivity index is 2.08. The molecule has 0 saturated carbocycles. The van der Waals surface area contributed by atoms with Crippen LogP contribution in [0.25, 0.3) is 11.4 Å². The van der Waals surface area contributed by atoms with Gasteiger partial charge in [-0.15, -0.1) is 22.5 Å². The molecule has 1 amide bonds. The zero-order chi connectivity index (χ0) is 14.5. The second kappa shape index (κ2) is 5.99. The van der Waals surface area contributed by atoms with E-state index in [0.29, 0.717) is 5.69 Å². The third-order valence-corrected chi connectivity index (χ3v) is 2.80. The maximum Gasteiger partial charge on any atom is 0.242 e. The van der Waals surface area contributed by atoms with Gasteiger partial charge in [0.25, 0.3) is 0 Å². The number of hydrogen-bond donors (Lipinski definition) is 2. The standard InChI is InChI=1S/C14H15N5O/c1-3-4-12(15)14(20)17-11-7-5-10(6-8-11)13-18-16-9-19(13)2/h1,5-9,12H,4,15H2,2H3,(H,17,20). The fourth-order valence-electron chi connectivity index (χ4n) is 1.70. The first-order valence-electron chi connectivity index (χ1n) is 6.06. The van der Waals surface area contributed by atoms with Crippen LogP contribution in [0, 0.1) is 12.3 Å². The first-order chi connectivity index (χ1) is 9.61. The molecule has 1 unspecified atom stereocenters. The third-order valence-electron chi connectivity index (χ3n) is 2.80. The minimum Gasteiger partial charge on any atom is -0.325 e. The van der Waals surface area contributed by atoms with E-state index in [-0.39, 0.29) is 12.3 Å². The van der Waals surface area contributed by atoms with Crippen molar-refractivity contribution in [1.82, 2.24) is 14.8 Å². The molecule has 102 valence electrons. The number of terminal acetylenes is 1. The van der Waals surface area contributed by atoms with Gasteiger partial charge in [0.1, 0.15) is 6.33 Å². The van der Waals surface area contributed by atoms with Crippen molar-refractivity contribution < 1.29 is 4.79 Å². The summed E-state index contributed by atoms with van der Waals surface area (Å²) in [4.78, 5) is 11.7. The second-order valence-corrected chi connectivity index (χ2v) is 4.35. The molecule has 1 atom stereocenters. The number of carbonyl (C=O) groups excluding carboxylic acids is 1. The Hall–Kier alpha value is -2.65. The van der Waals surface area contributed by atoms with Crippen LogP contribution in [0.15, 0.2) is 30.6 Å². The van der Waals surface area contributed by atoms with E-state index < -0.39 is 6.04 Å². The number of benzene rings is 1. The number of nitrogens with zero attached hydrogens (tertiary/aromatic N) is 3. The van der Waals surface area contributed by atoms with Crippen LogP contribution in [-0.2, 0) is 11.8 Å². The number of carbonyl (C=O) groups is 1. The van der Waals surface area contributed by atoms with Gasteiger partial charge in [-0.3, -0.25) is 4.79 Å². The van der Waals surface area contributed by atoms with Crippen LogP contribution in [0.2, 0.25) is 0 Å². The Kier molecular flexibility index (Phi) is 4.13. The van der Waals surface area contributed by atoms with Crippen molar-refractivity contribution in [3.63, 3.8) is 0 Å². The Morgan fingerprint density at radius 2 is 2.20 bits per heavy atom. The summed E-state index contributed by atoms with van der Waals surface area (Å²) in [5, 5.41) is 10.5. The van der Waals surface area contributed by atoms with Gasteiger partial charge in [0.15, 0.2) is 5.82 Å². The molecule has 0 saturated heterocycles. The van der Waals surface area contributed by atoms with Gasteiger partial charge in [0, 0.05) is 24.7 Å². The van der Waals surface area contributed by atoms with E-state index in [4.69, 9.17) is 12.2 Å². The number of aryl methyl sites for hydroxylation is 1. The quantitative estimate of drug-likeness (QED) is 0.803. The minimum atomic E-state index is -0.696. The molecule has 6 heteroatoms. The van der Waals surface area contributed by atoms with E-state index >= 15 is 0 Å². The van der Waals surface area contributed by atoms with Crippen molar-refractivity contribution in [2.75, 3.05) is 5.32 Å². The lowest BCUT2D eigenvalue weighted by Crippen LogP contribution is -2.35. The van der Waals surface area contributed by atoms with Gasteiger partial charge in [-0.25, -0.2) is 0 Å². The SMILES string of the molecule is C#CCC(N)C(=O)Nc1ccc(-c2nncn2C)cc1. The number of amides is 1. The molecule has 1 aromatic heterocycles. The van der Waals surface area contributed by atoms with E-state index in [2.05, 4.69) is 21.4 Å². The van der Waals surface area contributed by atoms with Crippen LogP contribution < -0.4 is 11.1 Å². The average Bonchev–Trinajstić information content (AvgIpc) is 2.86. The maximum atomic E-state index is 11.7. The lowest BCUT2D eigenvalue weighted by Gasteiger charge is -2.10. The van der Waals surface area contributed by atoms with Crippen LogP contribution in [-0.4, -0.2) is 26.7 Å². The Morgan fingerprint density at radius 3 is 2.75 bits per heavy atom. The van der Waals surface area contributed by atoms with Crippen LogP contribution in [0.3, 0.4) is 0 Å². The molecule has 0 spiro atoms. The van der Waals surface area contributed by atoms with Crippen LogP contribution >= 0.6 is 0 Å². The lowest BCUT2D eigenvalue weighted by atomic mass is 10.1. The molecular weight excluding hydrogens is 254 g/mol. The summed E-state index contributed by atoms with van der Waals surface area (Å²) in [7, 11) is 1.86. The highest BCUT2D eigenvalue weighted by molar-refractivity contribution is 5.95. The van der Waals surface area contributed by atoms with Gasteiger partial charge in [-0.1, -0.05) is 0 Å². The van der Waals surface area contributed by atoms with E-state index in [0.717, 1.165) is 11.4 Å². The van der Waals surface area contributed by atoms with Crippen LogP contribution in [0.5, 0.6) is 0 Å². The molecule has 2 rings (SSSR count). The van der Waals surface area contributed by atoms with Gasteiger partial charge < -0.3 is 15.6 Å². The average molecular weight is 269 g/mol. The highest BCUT2D eigenvalue weighted by atomic mass is 16.2. The second-order valence-electron chi connectivity index (χ2n) is 4.35. The van der Waals surface area contributed by atoms with Crippen LogP contribution in [0.4, 0.5) is 5.69 Å². The number of nitrogens with two attached hydrogens (primary N) is 1. The predicted octanol–water partition coefficient (Wildman–Crippen LogP) is 0.771. The number of rotatable bonds is 4. The molecule has 1 heterocycles. The molecule has 0 aliphatic rings. The molecule has 6 nitrogen and oxygen atoms in total. The summed E-state index contributed by atoms with van der Waals surface area (Å²) in [6.07, 6.45) is 6.96. The molecule has 0 radical (unpaired) electrons. The first kappa shape index (κ1) is 13.8. The molecule has 3 N–H and O–H groups in total. The monoisotopic (exact) mass is 269 g/mol. The normalized spacial score (nSPS) is 11.7. The van der Waals surface area contributed by atoms with Crippen molar-refractivity contribution in [2.24, 2.45) is 12.8 Å². The zero-order valence-electron chi connectivity index (χ0n) is 11.1. The Morgan fingerprint density at radius 1 is 1.50 bits per heavy atom. The largest absolute Gasteiger partial charge is 0.325 e. The fraction of sp³-hybridized carbons (Fsp3) is 0.214. The molecule has 0 aliphatic carbocycles. The molecule has 0 aliphatic heterocycles. The summed E-state index contributed by atoms with van der Waals surface area (Å²) in [5.74, 6) is 2.82. The third kappa shape index (κ3) is 3.02. The van der Waals surface area contributed by atoms with E-state index in [9.17, 15) is 4.79 Å².